The summed E-state index contributed by atoms with van der Waals surface area (Å²) >= 11 is 1.26. The molecule has 0 saturated heterocycles. The van der Waals surface area contributed by atoms with Crippen molar-refractivity contribution in [1.82, 2.24) is 15.2 Å². The highest BCUT2D eigenvalue weighted by atomic mass is 32.1. The number of thiazole rings is 1. The van der Waals surface area contributed by atoms with Gasteiger partial charge in [0.25, 0.3) is 0 Å². The standard InChI is InChI=1S/C19H22F3N3O2S/c1-4-25(10-16(26)23-12(2)3)17(27)9-15-11-28-18(24-15)13-5-7-14(8-6-13)19(20,21)22/h5-8,11-12H,4,9-10H2,1-3H3,(H,23,26). The molecule has 1 aromatic carbocycles. The number of aromatic nitrogens is 1. The lowest BCUT2D eigenvalue weighted by Crippen LogP contribution is -2.43. The van der Waals surface area contributed by atoms with E-state index in [9.17, 15) is 22.8 Å². The average molecular weight is 413 g/mol. The molecule has 2 rings (SSSR count). The molecule has 9 heteroatoms. The number of likely N-dealkylation sites (N-methyl/N-ethyl adjacent to an activating group) is 1. The van der Waals surface area contributed by atoms with Crippen molar-refractivity contribution in [2.75, 3.05) is 13.1 Å². The molecule has 0 aliphatic rings. The molecule has 0 atom stereocenters. The Labute approximate surface area is 165 Å². The van der Waals surface area contributed by atoms with Crippen molar-refractivity contribution in [3.63, 3.8) is 0 Å². The summed E-state index contributed by atoms with van der Waals surface area (Å²) in [5, 5.41) is 4.98. The number of nitrogens with zero attached hydrogens (tertiary/aromatic N) is 2. The summed E-state index contributed by atoms with van der Waals surface area (Å²) in [7, 11) is 0. The second-order valence-corrected chi connectivity index (χ2v) is 7.38. The average Bonchev–Trinajstić information content (AvgIpc) is 3.06. The summed E-state index contributed by atoms with van der Waals surface area (Å²) in [5.41, 5.74) is 0.356. The molecule has 0 radical (unpaired) electrons. The quantitative estimate of drug-likeness (QED) is 0.752. The maximum absolute atomic E-state index is 12.7. The molecular formula is C19H22F3N3O2S. The van der Waals surface area contributed by atoms with Crippen LogP contribution in [0, 0.1) is 0 Å². The van der Waals surface area contributed by atoms with Gasteiger partial charge in [-0.15, -0.1) is 11.3 Å². The van der Waals surface area contributed by atoms with Crippen molar-refractivity contribution in [2.45, 2.75) is 39.4 Å². The largest absolute Gasteiger partial charge is 0.416 e. The molecule has 0 unspecified atom stereocenters. The zero-order chi connectivity index (χ0) is 20.9. The Morgan fingerprint density at radius 3 is 2.39 bits per heavy atom. The van der Waals surface area contributed by atoms with Gasteiger partial charge in [-0.05, 0) is 32.9 Å². The molecule has 2 aromatic rings. The van der Waals surface area contributed by atoms with Crippen molar-refractivity contribution in [3.8, 4) is 10.6 Å². The fraction of sp³-hybridized carbons (Fsp3) is 0.421. The van der Waals surface area contributed by atoms with Gasteiger partial charge < -0.3 is 10.2 Å². The third-order valence-corrected chi connectivity index (χ3v) is 4.80. The lowest BCUT2D eigenvalue weighted by atomic mass is 10.1. The number of carbonyl (C=O) groups excluding carboxylic acids is 2. The van der Waals surface area contributed by atoms with Gasteiger partial charge in [-0.25, -0.2) is 4.98 Å². The number of rotatable bonds is 7. The van der Waals surface area contributed by atoms with Gasteiger partial charge in [0.1, 0.15) is 5.01 Å². The fourth-order valence-corrected chi connectivity index (χ4v) is 3.33. The molecule has 152 valence electrons. The molecule has 2 amide bonds. The number of hydrogen-bond acceptors (Lipinski definition) is 4. The lowest BCUT2D eigenvalue weighted by molar-refractivity contribution is -0.137. The predicted molar refractivity (Wildman–Crippen MR) is 102 cm³/mol. The zero-order valence-corrected chi connectivity index (χ0v) is 16.7. The summed E-state index contributed by atoms with van der Waals surface area (Å²) in [6, 6.07) is 4.73. The Balaban J connectivity index is 2.03. The summed E-state index contributed by atoms with van der Waals surface area (Å²) < 4.78 is 38.0. The van der Waals surface area contributed by atoms with Crippen LogP contribution in [0.4, 0.5) is 13.2 Å². The smallest absolute Gasteiger partial charge is 0.352 e. The van der Waals surface area contributed by atoms with E-state index in [0.29, 0.717) is 22.8 Å². The number of alkyl halides is 3. The van der Waals surface area contributed by atoms with Crippen LogP contribution in [0.5, 0.6) is 0 Å². The van der Waals surface area contributed by atoms with Gasteiger partial charge in [-0.2, -0.15) is 13.2 Å². The SMILES string of the molecule is CCN(CC(=O)NC(C)C)C(=O)Cc1csc(-c2ccc(C(F)(F)F)cc2)n1. The molecule has 0 aliphatic carbocycles. The van der Waals surface area contributed by atoms with Crippen LogP contribution >= 0.6 is 11.3 Å². The molecule has 1 heterocycles. The maximum atomic E-state index is 12.7. The number of benzene rings is 1. The first-order chi connectivity index (χ1) is 13.1. The van der Waals surface area contributed by atoms with Crippen LogP contribution in [0.3, 0.4) is 0 Å². The Hall–Kier alpha value is -2.42. The molecule has 5 nitrogen and oxygen atoms in total. The highest BCUT2D eigenvalue weighted by Crippen LogP contribution is 2.31. The number of hydrogen-bond donors (Lipinski definition) is 1. The molecule has 0 saturated carbocycles. The fourth-order valence-electron chi connectivity index (χ4n) is 2.51. The minimum absolute atomic E-state index is 0.00820. The van der Waals surface area contributed by atoms with Crippen molar-refractivity contribution in [1.29, 1.82) is 0 Å². The minimum Gasteiger partial charge on any atom is -0.352 e. The highest BCUT2D eigenvalue weighted by Gasteiger charge is 2.30. The molecule has 28 heavy (non-hydrogen) atoms. The van der Waals surface area contributed by atoms with E-state index in [0.717, 1.165) is 12.1 Å². The Morgan fingerprint density at radius 1 is 1.21 bits per heavy atom. The maximum Gasteiger partial charge on any atom is 0.416 e. The van der Waals surface area contributed by atoms with E-state index in [4.69, 9.17) is 0 Å². The summed E-state index contributed by atoms with van der Waals surface area (Å²) in [5.74, 6) is -0.459. The third-order valence-electron chi connectivity index (χ3n) is 3.86. The van der Waals surface area contributed by atoms with E-state index in [2.05, 4.69) is 10.3 Å². The van der Waals surface area contributed by atoms with Gasteiger partial charge in [-0.3, -0.25) is 9.59 Å². The molecule has 0 fully saturated rings. The summed E-state index contributed by atoms with van der Waals surface area (Å²) in [6.45, 7) is 5.83. The van der Waals surface area contributed by atoms with Crippen LogP contribution < -0.4 is 5.32 Å². The first-order valence-electron chi connectivity index (χ1n) is 8.79. The van der Waals surface area contributed by atoms with Crippen molar-refractivity contribution < 1.29 is 22.8 Å². The predicted octanol–water partition coefficient (Wildman–Crippen LogP) is 3.74. The summed E-state index contributed by atoms with van der Waals surface area (Å²) in [4.78, 5) is 30.1. The van der Waals surface area contributed by atoms with Crippen molar-refractivity contribution >= 4 is 23.2 Å². The third kappa shape index (κ3) is 6.05. The van der Waals surface area contributed by atoms with Gasteiger partial charge in [0.05, 0.1) is 24.2 Å². The van der Waals surface area contributed by atoms with Crippen LogP contribution in [-0.2, 0) is 22.2 Å². The van der Waals surface area contributed by atoms with Crippen LogP contribution in [0.25, 0.3) is 10.6 Å². The normalized spacial score (nSPS) is 11.5. The minimum atomic E-state index is -4.38. The van der Waals surface area contributed by atoms with Crippen LogP contribution in [0.2, 0.25) is 0 Å². The first-order valence-corrected chi connectivity index (χ1v) is 9.67. The molecule has 0 spiro atoms. The number of nitrogens with one attached hydrogen (secondary N) is 1. The Morgan fingerprint density at radius 2 is 1.86 bits per heavy atom. The van der Waals surface area contributed by atoms with Gasteiger partial charge in [-0.1, -0.05) is 12.1 Å². The van der Waals surface area contributed by atoms with Gasteiger partial charge in [0.15, 0.2) is 0 Å². The summed E-state index contributed by atoms with van der Waals surface area (Å²) in [6.07, 6.45) is -4.36. The lowest BCUT2D eigenvalue weighted by Gasteiger charge is -2.20. The number of carbonyl (C=O) groups is 2. The van der Waals surface area contributed by atoms with E-state index in [1.807, 2.05) is 13.8 Å². The van der Waals surface area contributed by atoms with Crippen molar-refractivity contribution in [3.05, 3.63) is 40.9 Å². The Kier molecular flexibility index (Phi) is 7.17. The molecular weight excluding hydrogens is 391 g/mol. The Bertz CT molecular complexity index is 817. The van der Waals surface area contributed by atoms with Crippen LogP contribution in [0.1, 0.15) is 32.0 Å². The van der Waals surface area contributed by atoms with Crippen LogP contribution in [-0.4, -0.2) is 40.8 Å². The first kappa shape index (κ1) is 21.9. The zero-order valence-electron chi connectivity index (χ0n) is 15.8. The topological polar surface area (TPSA) is 62.3 Å². The van der Waals surface area contributed by atoms with Gasteiger partial charge >= 0.3 is 6.18 Å². The van der Waals surface area contributed by atoms with E-state index < -0.39 is 11.7 Å². The van der Waals surface area contributed by atoms with Crippen molar-refractivity contribution in [2.24, 2.45) is 0 Å². The second kappa shape index (κ2) is 9.18. The van der Waals surface area contributed by atoms with Gasteiger partial charge in [0.2, 0.25) is 11.8 Å². The van der Waals surface area contributed by atoms with E-state index in [-0.39, 0.29) is 30.8 Å². The molecule has 1 N–H and O–H groups in total. The van der Waals surface area contributed by atoms with Gasteiger partial charge in [0, 0.05) is 23.5 Å². The van der Waals surface area contributed by atoms with E-state index in [1.54, 1.807) is 12.3 Å². The molecule has 0 bridgehead atoms. The highest BCUT2D eigenvalue weighted by molar-refractivity contribution is 7.13. The van der Waals surface area contributed by atoms with E-state index in [1.165, 1.54) is 28.4 Å². The molecule has 0 aliphatic heterocycles. The molecule has 1 aromatic heterocycles. The number of amides is 2. The van der Waals surface area contributed by atoms with E-state index >= 15 is 0 Å². The number of halogens is 3. The monoisotopic (exact) mass is 413 g/mol. The van der Waals surface area contributed by atoms with Crippen LogP contribution in [0.15, 0.2) is 29.6 Å². The second-order valence-electron chi connectivity index (χ2n) is 6.53.